The van der Waals surface area contributed by atoms with E-state index in [2.05, 4.69) is 32.0 Å². The molecular formula is C19H30N4O. The molecule has 2 aromatic rings. The number of benzene rings is 1. The van der Waals surface area contributed by atoms with Crippen molar-refractivity contribution in [1.82, 2.24) is 9.47 Å². The molecule has 0 amide bonds. The van der Waals surface area contributed by atoms with Crippen LogP contribution in [0.2, 0.25) is 0 Å². The molecule has 0 saturated heterocycles. The fourth-order valence-electron chi connectivity index (χ4n) is 2.95. The summed E-state index contributed by atoms with van der Waals surface area (Å²) in [7, 11) is 4.12. The monoisotopic (exact) mass is 330 g/mol. The summed E-state index contributed by atoms with van der Waals surface area (Å²) < 4.78 is 1.74. The third kappa shape index (κ3) is 4.44. The number of nitrogens with zero attached hydrogens (tertiary/aromatic N) is 2. The summed E-state index contributed by atoms with van der Waals surface area (Å²) in [5.74, 6) is -0.0306. The van der Waals surface area contributed by atoms with Crippen LogP contribution in [0, 0.1) is 6.92 Å². The summed E-state index contributed by atoms with van der Waals surface area (Å²) >= 11 is 0. The molecule has 5 nitrogen and oxygen atoms in total. The Labute approximate surface area is 144 Å². The van der Waals surface area contributed by atoms with E-state index in [-0.39, 0.29) is 5.91 Å². The summed E-state index contributed by atoms with van der Waals surface area (Å²) in [4.78, 5) is 14.9. The van der Waals surface area contributed by atoms with Crippen LogP contribution in [0.15, 0.2) is 24.4 Å². The van der Waals surface area contributed by atoms with Crippen LogP contribution in [-0.2, 0) is 6.42 Å². The number of likely N-dealkylation sites (N-methyl/N-ethyl adjacent to an activating group) is 1. The van der Waals surface area contributed by atoms with Crippen LogP contribution in [0.4, 0.5) is 0 Å². The molecule has 0 saturated carbocycles. The summed E-state index contributed by atoms with van der Waals surface area (Å²) in [5, 5.41) is 1.15. The summed E-state index contributed by atoms with van der Waals surface area (Å²) in [6, 6.07) is 5.75. The molecule has 1 atom stereocenters. The van der Waals surface area contributed by atoms with Gasteiger partial charge in [-0.25, -0.2) is 0 Å². The molecule has 0 aliphatic heterocycles. The first kappa shape index (κ1) is 18.6. The van der Waals surface area contributed by atoms with E-state index in [0.29, 0.717) is 13.0 Å². The van der Waals surface area contributed by atoms with Crippen LogP contribution in [-0.4, -0.2) is 48.6 Å². The molecule has 0 aliphatic carbocycles. The number of nitrogens with two attached hydrogens (primary N) is 2. The Balaban J connectivity index is 2.30. The zero-order valence-corrected chi connectivity index (χ0v) is 15.1. The second-order valence-electron chi connectivity index (χ2n) is 6.83. The third-order valence-corrected chi connectivity index (χ3v) is 4.39. The average molecular weight is 330 g/mol. The van der Waals surface area contributed by atoms with Gasteiger partial charge in [-0.2, -0.15) is 0 Å². The number of aryl methyl sites for hydroxylation is 1. The lowest BCUT2D eigenvalue weighted by Crippen LogP contribution is -2.34. The lowest BCUT2D eigenvalue weighted by molar-refractivity contribution is 0.0879. The third-order valence-electron chi connectivity index (χ3n) is 4.39. The maximum atomic E-state index is 12.8. The van der Waals surface area contributed by atoms with E-state index in [1.165, 1.54) is 11.1 Å². The normalized spacial score (nSPS) is 12.9. The average Bonchev–Trinajstić information content (AvgIpc) is 2.90. The van der Waals surface area contributed by atoms with E-state index in [1.807, 2.05) is 18.3 Å². The first-order valence-corrected chi connectivity index (χ1v) is 8.69. The minimum Gasteiger partial charge on any atom is -0.330 e. The first-order chi connectivity index (χ1) is 11.4. The van der Waals surface area contributed by atoms with Crippen molar-refractivity contribution in [2.24, 2.45) is 11.5 Å². The Kier molecular flexibility index (Phi) is 6.54. The predicted molar refractivity (Wildman–Crippen MR) is 100 cm³/mol. The van der Waals surface area contributed by atoms with Crippen LogP contribution in [0.5, 0.6) is 0 Å². The number of aromatic nitrogens is 1. The molecule has 0 fully saturated rings. The van der Waals surface area contributed by atoms with Gasteiger partial charge in [-0.3, -0.25) is 9.36 Å². The quantitative estimate of drug-likeness (QED) is 0.727. The molecule has 0 unspecified atom stereocenters. The topological polar surface area (TPSA) is 77.3 Å². The minimum absolute atomic E-state index is 0.0306. The van der Waals surface area contributed by atoms with E-state index >= 15 is 0 Å². The molecule has 24 heavy (non-hydrogen) atoms. The zero-order valence-electron chi connectivity index (χ0n) is 15.1. The van der Waals surface area contributed by atoms with Crippen LogP contribution in [0.3, 0.4) is 0 Å². The van der Waals surface area contributed by atoms with Crippen molar-refractivity contribution in [1.29, 1.82) is 0 Å². The molecule has 1 heterocycles. The van der Waals surface area contributed by atoms with Gasteiger partial charge < -0.3 is 16.4 Å². The molecule has 5 heteroatoms. The van der Waals surface area contributed by atoms with Crippen molar-refractivity contribution in [2.75, 3.05) is 27.2 Å². The number of unbranched alkanes of at least 4 members (excludes halogenated alkanes) is 1. The van der Waals surface area contributed by atoms with Gasteiger partial charge in [0.25, 0.3) is 0 Å². The Morgan fingerprint density at radius 1 is 1.29 bits per heavy atom. The summed E-state index contributed by atoms with van der Waals surface area (Å²) in [6.45, 7) is 3.66. The van der Waals surface area contributed by atoms with Crippen LogP contribution in [0.1, 0.15) is 35.2 Å². The van der Waals surface area contributed by atoms with Crippen LogP contribution < -0.4 is 11.5 Å². The maximum Gasteiger partial charge on any atom is 0.247 e. The van der Waals surface area contributed by atoms with E-state index in [1.54, 1.807) is 4.57 Å². The van der Waals surface area contributed by atoms with Gasteiger partial charge in [-0.05, 0) is 64.5 Å². The Morgan fingerprint density at radius 2 is 2.04 bits per heavy atom. The zero-order chi connectivity index (χ0) is 17.7. The van der Waals surface area contributed by atoms with Crippen molar-refractivity contribution in [3.8, 4) is 0 Å². The fraction of sp³-hybridized carbons (Fsp3) is 0.526. The number of carbonyl (C=O) groups excluding carboxylic acids is 1. The fourth-order valence-corrected chi connectivity index (χ4v) is 2.95. The largest absolute Gasteiger partial charge is 0.330 e. The predicted octanol–water partition coefficient (Wildman–Crippen LogP) is 2.15. The van der Waals surface area contributed by atoms with Gasteiger partial charge in [-0.1, -0.05) is 18.1 Å². The molecule has 132 valence electrons. The van der Waals surface area contributed by atoms with Crippen molar-refractivity contribution >= 4 is 16.8 Å². The van der Waals surface area contributed by atoms with E-state index < -0.39 is 6.04 Å². The van der Waals surface area contributed by atoms with E-state index in [0.717, 1.165) is 36.7 Å². The molecule has 0 bridgehead atoms. The molecule has 0 radical (unpaired) electrons. The minimum atomic E-state index is -0.477. The molecule has 0 aliphatic rings. The molecule has 0 spiro atoms. The Morgan fingerprint density at radius 3 is 2.71 bits per heavy atom. The Hall–Kier alpha value is -1.69. The highest BCUT2D eigenvalue weighted by atomic mass is 16.2. The molecule has 1 aromatic heterocycles. The first-order valence-electron chi connectivity index (χ1n) is 8.69. The Bertz CT molecular complexity index is 690. The molecular weight excluding hydrogens is 300 g/mol. The summed E-state index contributed by atoms with van der Waals surface area (Å²) in [5.41, 5.74) is 15.0. The van der Waals surface area contributed by atoms with Gasteiger partial charge in [0.1, 0.15) is 0 Å². The highest BCUT2D eigenvalue weighted by Gasteiger charge is 2.19. The van der Waals surface area contributed by atoms with E-state index in [9.17, 15) is 4.79 Å². The standard InChI is InChI=1S/C19H30N4O/c1-14-7-8-18-16(12-14)15(9-11-22(2)3)13-23(18)19(24)17(21)6-4-5-10-20/h7-8,12-13,17H,4-6,9-11,20-21H2,1-3H3/t17-/m0/s1. The van der Waals surface area contributed by atoms with Crippen molar-refractivity contribution in [3.05, 3.63) is 35.5 Å². The van der Waals surface area contributed by atoms with Crippen molar-refractivity contribution in [2.45, 2.75) is 38.6 Å². The second-order valence-corrected chi connectivity index (χ2v) is 6.83. The highest BCUT2D eigenvalue weighted by molar-refractivity contribution is 5.96. The number of rotatable bonds is 8. The number of fused-ring (bicyclic) bond motifs is 1. The maximum absolute atomic E-state index is 12.8. The van der Waals surface area contributed by atoms with Crippen LogP contribution in [0.25, 0.3) is 10.9 Å². The van der Waals surface area contributed by atoms with Crippen molar-refractivity contribution < 1.29 is 4.79 Å². The molecule has 1 aromatic carbocycles. The highest BCUT2D eigenvalue weighted by Crippen LogP contribution is 2.24. The van der Waals surface area contributed by atoms with Crippen molar-refractivity contribution in [3.63, 3.8) is 0 Å². The van der Waals surface area contributed by atoms with Gasteiger partial charge in [0.15, 0.2) is 0 Å². The van der Waals surface area contributed by atoms with Crippen LogP contribution >= 0.6 is 0 Å². The van der Waals surface area contributed by atoms with Gasteiger partial charge in [0.2, 0.25) is 5.91 Å². The number of hydrogen-bond donors (Lipinski definition) is 2. The second kappa shape index (κ2) is 8.42. The van der Waals surface area contributed by atoms with Gasteiger partial charge >= 0.3 is 0 Å². The lowest BCUT2D eigenvalue weighted by Gasteiger charge is -2.12. The van der Waals surface area contributed by atoms with Gasteiger partial charge in [0.05, 0.1) is 11.6 Å². The molecule has 2 rings (SSSR count). The van der Waals surface area contributed by atoms with Gasteiger partial charge in [0, 0.05) is 18.1 Å². The smallest absolute Gasteiger partial charge is 0.247 e. The SMILES string of the molecule is Cc1ccc2c(c1)c(CCN(C)C)cn2C(=O)[C@@H](N)CCCCN. The van der Waals surface area contributed by atoms with Gasteiger partial charge in [-0.15, -0.1) is 0 Å². The number of carbonyl (C=O) groups is 1. The number of hydrogen-bond acceptors (Lipinski definition) is 4. The summed E-state index contributed by atoms with van der Waals surface area (Å²) in [6.07, 6.45) is 5.35. The lowest BCUT2D eigenvalue weighted by atomic mass is 10.1. The van der Waals surface area contributed by atoms with E-state index in [4.69, 9.17) is 11.5 Å². The molecule has 4 N–H and O–H groups in total.